The topological polar surface area (TPSA) is 98.0 Å². The lowest BCUT2D eigenvalue weighted by Crippen LogP contribution is -2.15. The van der Waals surface area contributed by atoms with E-state index in [-0.39, 0.29) is 11.3 Å². The summed E-state index contributed by atoms with van der Waals surface area (Å²) in [4.78, 5) is 16.0. The number of phenolic OH excluding ortho intramolecular Hbond substituents is 1. The third kappa shape index (κ3) is 3.81. The van der Waals surface area contributed by atoms with E-state index < -0.39 is 5.91 Å². The highest BCUT2D eigenvalue weighted by molar-refractivity contribution is 7.13. The van der Waals surface area contributed by atoms with Crippen molar-refractivity contribution in [2.75, 3.05) is 10.6 Å². The first-order chi connectivity index (χ1) is 10.1. The van der Waals surface area contributed by atoms with Crippen LogP contribution in [0.3, 0.4) is 0 Å². The second kappa shape index (κ2) is 6.54. The number of aromatic nitrogens is 1. The molecule has 1 aromatic carbocycles. The average Bonchev–Trinajstić information content (AvgIpc) is 2.96. The number of anilines is 2. The molecule has 1 aromatic heterocycles. The van der Waals surface area contributed by atoms with Gasteiger partial charge in [0.05, 0.1) is 0 Å². The fourth-order valence-corrected chi connectivity index (χ4v) is 2.05. The first kappa shape index (κ1) is 14.6. The van der Waals surface area contributed by atoms with Gasteiger partial charge in [0.15, 0.2) is 5.13 Å². The minimum atomic E-state index is -0.532. The predicted molar refractivity (Wildman–Crippen MR) is 80.9 cm³/mol. The monoisotopic (exact) mass is 300 g/mol. The number of hydrogen-bond acceptors (Lipinski definition) is 6. The van der Waals surface area contributed by atoms with Crippen LogP contribution in [0.5, 0.6) is 5.75 Å². The zero-order valence-electron chi connectivity index (χ0n) is 11.1. The third-order valence-corrected chi connectivity index (χ3v) is 3.30. The van der Waals surface area contributed by atoms with Crippen molar-refractivity contribution in [3.05, 3.63) is 47.1 Å². The fraction of sp³-hybridized carbons (Fsp3) is 0.0714. The van der Waals surface area contributed by atoms with Gasteiger partial charge in [-0.3, -0.25) is 4.79 Å². The molecule has 0 fully saturated rings. The van der Waals surface area contributed by atoms with Gasteiger partial charge in [0.25, 0.3) is 5.91 Å². The van der Waals surface area contributed by atoms with Gasteiger partial charge in [-0.15, -0.1) is 11.3 Å². The molecule has 1 heterocycles. The Morgan fingerprint density at radius 3 is 2.95 bits per heavy atom. The molecule has 0 radical (unpaired) electrons. The van der Waals surface area contributed by atoms with Crippen molar-refractivity contribution in [2.45, 2.75) is 6.92 Å². The molecule has 0 atom stereocenters. The van der Waals surface area contributed by atoms with E-state index in [1.54, 1.807) is 24.6 Å². The first-order valence-corrected chi connectivity index (χ1v) is 6.85. The summed E-state index contributed by atoms with van der Waals surface area (Å²) in [5.74, 6) is -0.415. The summed E-state index contributed by atoms with van der Waals surface area (Å²) in [5, 5.41) is 26.1. The van der Waals surface area contributed by atoms with Gasteiger partial charge < -0.3 is 15.7 Å². The quantitative estimate of drug-likeness (QED) is 0.458. The van der Waals surface area contributed by atoms with Crippen molar-refractivity contribution in [3.63, 3.8) is 0 Å². The van der Waals surface area contributed by atoms with E-state index in [9.17, 15) is 9.90 Å². The smallest absolute Gasteiger partial charge is 0.267 e. The number of amides is 1. The minimum Gasteiger partial charge on any atom is -0.508 e. The zero-order valence-corrected chi connectivity index (χ0v) is 11.9. The molecule has 106 valence electrons. The molecule has 1 amide bonds. The van der Waals surface area contributed by atoms with Crippen molar-refractivity contribution < 1.29 is 9.90 Å². The lowest BCUT2D eigenvalue weighted by Gasteiger charge is -2.08. The number of thiazole rings is 1. The maximum absolute atomic E-state index is 12.0. The summed E-state index contributed by atoms with van der Waals surface area (Å²) in [6.07, 6.45) is 2.93. The molecule has 0 aliphatic heterocycles. The molecule has 2 rings (SSSR count). The number of aromatic hydroxyl groups is 1. The van der Waals surface area contributed by atoms with E-state index in [2.05, 4.69) is 15.6 Å². The SMILES string of the molecule is Cc1cc(O)ccc1NC(=O)/C(C#N)=C\Nc1nccs1. The van der Waals surface area contributed by atoms with Crippen LogP contribution >= 0.6 is 11.3 Å². The van der Waals surface area contributed by atoms with Crippen molar-refractivity contribution in [1.29, 1.82) is 5.26 Å². The van der Waals surface area contributed by atoms with Gasteiger partial charge in [-0.1, -0.05) is 0 Å². The Morgan fingerprint density at radius 1 is 1.52 bits per heavy atom. The molecule has 21 heavy (non-hydrogen) atoms. The van der Waals surface area contributed by atoms with E-state index in [1.807, 2.05) is 6.07 Å². The summed E-state index contributed by atoms with van der Waals surface area (Å²) in [6, 6.07) is 6.40. The van der Waals surface area contributed by atoms with E-state index >= 15 is 0 Å². The summed E-state index contributed by atoms with van der Waals surface area (Å²) >= 11 is 1.36. The number of nitriles is 1. The van der Waals surface area contributed by atoms with Crippen LogP contribution in [-0.4, -0.2) is 16.0 Å². The number of hydrogen-bond donors (Lipinski definition) is 3. The Hall–Kier alpha value is -2.85. The lowest BCUT2D eigenvalue weighted by molar-refractivity contribution is -0.112. The molecule has 0 bridgehead atoms. The molecule has 3 N–H and O–H groups in total. The van der Waals surface area contributed by atoms with E-state index in [1.165, 1.54) is 29.7 Å². The minimum absolute atomic E-state index is 0.0716. The number of nitrogens with zero attached hydrogens (tertiary/aromatic N) is 2. The largest absolute Gasteiger partial charge is 0.508 e. The summed E-state index contributed by atoms with van der Waals surface area (Å²) in [5.41, 5.74) is 1.17. The molecule has 0 unspecified atom stereocenters. The molecular formula is C14H12N4O2S. The molecular weight excluding hydrogens is 288 g/mol. The number of carbonyl (C=O) groups excluding carboxylic acids is 1. The molecule has 0 aliphatic carbocycles. The predicted octanol–water partition coefficient (Wildman–Crippen LogP) is 2.62. The van der Waals surface area contributed by atoms with Gasteiger partial charge in [0.2, 0.25) is 0 Å². The zero-order chi connectivity index (χ0) is 15.2. The number of rotatable bonds is 4. The molecule has 0 saturated heterocycles. The Kier molecular flexibility index (Phi) is 4.53. The van der Waals surface area contributed by atoms with Crippen LogP contribution in [0.4, 0.5) is 10.8 Å². The van der Waals surface area contributed by atoms with Gasteiger partial charge in [-0.05, 0) is 30.7 Å². The van der Waals surface area contributed by atoms with Crippen molar-refractivity contribution in [1.82, 2.24) is 4.98 Å². The molecule has 0 saturated carbocycles. The van der Waals surface area contributed by atoms with Gasteiger partial charge in [-0.2, -0.15) is 5.26 Å². The van der Waals surface area contributed by atoms with Crippen molar-refractivity contribution in [2.24, 2.45) is 0 Å². The normalized spacial score (nSPS) is 10.8. The molecule has 6 nitrogen and oxygen atoms in total. The van der Waals surface area contributed by atoms with Crippen LogP contribution < -0.4 is 10.6 Å². The highest BCUT2D eigenvalue weighted by atomic mass is 32.1. The average molecular weight is 300 g/mol. The second-order valence-corrected chi connectivity index (χ2v) is 5.00. The van der Waals surface area contributed by atoms with Crippen LogP contribution in [0.25, 0.3) is 0 Å². The molecule has 7 heteroatoms. The maximum Gasteiger partial charge on any atom is 0.267 e. The van der Waals surface area contributed by atoms with Gasteiger partial charge in [0.1, 0.15) is 17.4 Å². The van der Waals surface area contributed by atoms with Gasteiger partial charge in [0, 0.05) is 23.5 Å². The van der Waals surface area contributed by atoms with Crippen LogP contribution in [0.1, 0.15) is 5.56 Å². The second-order valence-electron chi connectivity index (χ2n) is 4.10. The fourth-order valence-electron chi connectivity index (χ4n) is 1.55. The van der Waals surface area contributed by atoms with E-state index in [0.29, 0.717) is 16.4 Å². The summed E-state index contributed by atoms with van der Waals surface area (Å²) < 4.78 is 0. The molecule has 0 spiro atoms. The van der Waals surface area contributed by atoms with Crippen molar-refractivity contribution >= 4 is 28.1 Å². The highest BCUT2D eigenvalue weighted by Gasteiger charge is 2.11. The lowest BCUT2D eigenvalue weighted by atomic mass is 10.2. The highest BCUT2D eigenvalue weighted by Crippen LogP contribution is 2.20. The third-order valence-electron chi connectivity index (χ3n) is 2.60. The molecule has 2 aromatic rings. The summed E-state index contributed by atoms with van der Waals surface area (Å²) in [7, 11) is 0. The first-order valence-electron chi connectivity index (χ1n) is 5.97. The summed E-state index contributed by atoms with van der Waals surface area (Å²) in [6.45, 7) is 1.75. The Bertz CT molecular complexity index is 717. The number of phenols is 1. The number of nitrogens with one attached hydrogen (secondary N) is 2. The Labute approximate surface area is 125 Å². The van der Waals surface area contributed by atoms with E-state index in [0.717, 1.165) is 0 Å². The van der Waals surface area contributed by atoms with Crippen molar-refractivity contribution in [3.8, 4) is 11.8 Å². The van der Waals surface area contributed by atoms with Crippen LogP contribution in [-0.2, 0) is 4.79 Å². The van der Waals surface area contributed by atoms with Crippen LogP contribution in [0.15, 0.2) is 41.5 Å². The maximum atomic E-state index is 12.0. The standard InChI is InChI=1S/C14H12N4O2S/c1-9-6-11(19)2-3-12(9)18-13(20)10(7-15)8-17-14-16-4-5-21-14/h2-6,8,19H,1H3,(H,16,17)(H,18,20)/b10-8-. The molecule has 0 aliphatic rings. The van der Waals surface area contributed by atoms with E-state index in [4.69, 9.17) is 5.26 Å². The van der Waals surface area contributed by atoms with Crippen LogP contribution in [0.2, 0.25) is 0 Å². The van der Waals surface area contributed by atoms with Crippen LogP contribution in [0, 0.1) is 18.3 Å². The number of benzene rings is 1. The van der Waals surface area contributed by atoms with Gasteiger partial charge >= 0.3 is 0 Å². The van der Waals surface area contributed by atoms with Gasteiger partial charge in [-0.25, -0.2) is 4.98 Å². The number of aryl methyl sites for hydroxylation is 1. The Balaban J connectivity index is 2.10. The number of carbonyl (C=O) groups is 1. The Morgan fingerprint density at radius 2 is 2.33 bits per heavy atom.